The molecule has 1 aliphatic rings. The second-order valence-electron chi connectivity index (χ2n) is 8.26. The fraction of sp³-hybridized carbons (Fsp3) is 0.391. The van der Waals surface area contributed by atoms with E-state index in [0.29, 0.717) is 23.1 Å². The molecule has 1 N–H and O–H groups in total. The Kier molecular flexibility index (Phi) is 7.23. The van der Waals surface area contributed by atoms with Gasteiger partial charge in [0, 0.05) is 30.6 Å². The lowest BCUT2D eigenvalue weighted by Crippen LogP contribution is -2.12. The summed E-state index contributed by atoms with van der Waals surface area (Å²) < 4.78 is 43.2. The number of aryl methyl sites for hydroxylation is 1. The normalized spacial score (nSPS) is 16.0. The molecule has 0 bridgehead atoms. The Balaban J connectivity index is 1.27. The molecule has 176 valence electrons. The van der Waals surface area contributed by atoms with Crippen molar-refractivity contribution < 1.29 is 17.0 Å². The molecule has 0 spiro atoms. The topological polar surface area (TPSA) is 86.1 Å². The van der Waals surface area contributed by atoms with Crippen LogP contribution in [0.5, 0.6) is 5.75 Å². The summed E-state index contributed by atoms with van der Waals surface area (Å²) in [5.41, 5.74) is 2.83. The SMILES string of the molecule is Cn1c(SCCCC2CCc3cc(OS(C)(=O)=O)ccc3NC2)nnc1-c1cccc(F)c1. The predicted octanol–water partition coefficient (Wildman–Crippen LogP) is 4.51. The number of hydrogen-bond acceptors (Lipinski definition) is 7. The smallest absolute Gasteiger partial charge is 0.306 e. The second kappa shape index (κ2) is 10.1. The van der Waals surface area contributed by atoms with Crippen LogP contribution in [0.15, 0.2) is 47.6 Å². The summed E-state index contributed by atoms with van der Waals surface area (Å²) in [7, 11) is -1.63. The van der Waals surface area contributed by atoms with Gasteiger partial charge in [0.25, 0.3) is 0 Å². The number of thioether (sulfide) groups is 1. The quantitative estimate of drug-likeness (QED) is 0.283. The van der Waals surface area contributed by atoms with Gasteiger partial charge in [-0.25, -0.2) is 4.39 Å². The average Bonchev–Trinajstić information content (AvgIpc) is 3.00. The summed E-state index contributed by atoms with van der Waals surface area (Å²) in [5.74, 6) is 2.17. The van der Waals surface area contributed by atoms with E-state index in [4.69, 9.17) is 4.18 Å². The van der Waals surface area contributed by atoms with Gasteiger partial charge in [-0.1, -0.05) is 23.9 Å². The van der Waals surface area contributed by atoms with Gasteiger partial charge < -0.3 is 14.1 Å². The third kappa shape index (κ3) is 6.26. The lowest BCUT2D eigenvalue weighted by molar-refractivity contribution is 0.475. The van der Waals surface area contributed by atoms with Gasteiger partial charge in [0.2, 0.25) is 0 Å². The largest absolute Gasteiger partial charge is 0.385 e. The van der Waals surface area contributed by atoms with Gasteiger partial charge >= 0.3 is 10.1 Å². The maximum absolute atomic E-state index is 13.5. The Labute approximate surface area is 197 Å². The van der Waals surface area contributed by atoms with E-state index < -0.39 is 10.1 Å². The highest BCUT2D eigenvalue weighted by Crippen LogP contribution is 2.30. The molecule has 3 aromatic rings. The van der Waals surface area contributed by atoms with E-state index in [-0.39, 0.29) is 5.82 Å². The molecule has 1 unspecified atom stereocenters. The molecule has 2 heterocycles. The standard InChI is InChI=1S/C23H27FN4O3S2/c1-28-22(18-6-3-7-19(24)13-18)26-27-23(28)32-12-4-5-16-8-9-17-14-20(31-33(2,29)30)10-11-21(17)25-15-16/h3,6-7,10-11,13-14,16,25H,4-5,8-9,12,15H2,1-2H3. The summed E-state index contributed by atoms with van der Waals surface area (Å²) in [5, 5.41) is 12.8. The molecule has 1 atom stereocenters. The molecule has 33 heavy (non-hydrogen) atoms. The van der Waals surface area contributed by atoms with Crippen molar-refractivity contribution in [2.45, 2.75) is 30.8 Å². The second-order valence-corrected chi connectivity index (χ2v) is 10.9. The molecule has 0 amide bonds. The highest BCUT2D eigenvalue weighted by molar-refractivity contribution is 7.99. The first-order valence-corrected chi connectivity index (χ1v) is 13.6. The van der Waals surface area contributed by atoms with Crippen molar-refractivity contribution >= 4 is 27.6 Å². The van der Waals surface area contributed by atoms with E-state index in [2.05, 4.69) is 15.5 Å². The number of halogens is 1. The molecule has 0 aliphatic carbocycles. The zero-order valence-corrected chi connectivity index (χ0v) is 20.3. The molecule has 0 radical (unpaired) electrons. The zero-order valence-electron chi connectivity index (χ0n) is 18.6. The fourth-order valence-corrected chi connectivity index (χ4v) is 5.32. The van der Waals surface area contributed by atoms with Gasteiger partial charge in [-0.2, -0.15) is 8.42 Å². The number of anilines is 1. The van der Waals surface area contributed by atoms with Crippen LogP contribution in [0, 0.1) is 11.7 Å². The van der Waals surface area contributed by atoms with Gasteiger partial charge in [-0.05, 0) is 67.5 Å². The van der Waals surface area contributed by atoms with E-state index in [1.165, 1.54) is 12.1 Å². The summed E-state index contributed by atoms with van der Waals surface area (Å²) in [6.07, 6.45) is 5.07. The van der Waals surface area contributed by atoms with Crippen LogP contribution in [-0.2, 0) is 23.6 Å². The Morgan fingerprint density at radius 2 is 2.09 bits per heavy atom. The van der Waals surface area contributed by atoms with Gasteiger partial charge in [0.05, 0.1) is 6.26 Å². The third-order valence-electron chi connectivity index (χ3n) is 5.63. The number of hydrogen-bond donors (Lipinski definition) is 1. The minimum atomic E-state index is -3.53. The first-order valence-electron chi connectivity index (χ1n) is 10.8. The van der Waals surface area contributed by atoms with Crippen molar-refractivity contribution in [1.82, 2.24) is 14.8 Å². The van der Waals surface area contributed by atoms with E-state index in [9.17, 15) is 12.8 Å². The van der Waals surface area contributed by atoms with E-state index in [1.54, 1.807) is 23.9 Å². The van der Waals surface area contributed by atoms with Crippen LogP contribution in [0.1, 0.15) is 24.8 Å². The lowest BCUT2D eigenvalue weighted by atomic mass is 9.97. The van der Waals surface area contributed by atoms with Crippen LogP contribution in [0.3, 0.4) is 0 Å². The van der Waals surface area contributed by atoms with Crippen molar-refractivity contribution in [3.63, 3.8) is 0 Å². The minimum Gasteiger partial charge on any atom is -0.385 e. The Bertz CT molecular complexity index is 1230. The van der Waals surface area contributed by atoms with Crippen LogP contribution in [0.25, 0.3) is 11.4 Å². The number of fused-ring (bicyclic) bond motifs is 1. The van der Waals surface area contributed by atoms with Crippen molar-refractivity contribution in [2.24, 2.45) is 13.0 Å². The first kappa shape index (κ1) is 23.6. The first-order chi connectivity index (χ1) is 15.8. The molecule has 0 saturated carbocycles. The number of benzene rings is 2. The van der Waals surface area contributed by atoms with Crippen molar-refractivity contribution in [3.8, 4) is 17.1 Å². The monoisotopic (exact) mass is 490 g/mol. The fourth-order valence-electron chi connectivity index (χ4n) is 3.99. The number of nitrogens with one attached hydrogen (secondary N) is 1. The summed E-state index contributed by atoms with van der Waals surface area (Å²) in [6.45, 7) is 0.887. The summed E-state index contributed by atoms with van der Waals surface area (Å²) in [6, 6.07) is 11.8. The van der Waals surface area contributed by atoms with Gasteiger partial charge in [0.1, 0.15) is 11.6 Å². The molecule has 2 aromatic carbocycles. The predicted molar refractivity (Wildman–Crippen MR) is 129 cm³/mol. The summed E-state index contributed by atoms with van der Waals surface area (Å²) >= 11 is 1.66. The maximum atomic E-state index is 13.5. The number of nitrogens with zero attached hydrogens (tertiary/aromatic N) is 3. The molecular weight excluding hydrogens is 463 g/mol. The molecular formula is C23H27FN4O3S2. The van der Waals surface area contributed by atoms with Crippen LogP contribution in [-0.4, -0.2) is 41.7 Å². The number of rotatable bonds is 8. The molecule has 0 saturated heterocycles. The number of aromatic nitrogens is 3. The highest BCUT2D eigenvalue weighted by Gasteiger charge is 2.18. The lowest BCUT2D eigenvalue weighted by Gasteiger charge is -2.14. The van der Waals surface area contributed by atoms with Crippen molar-refractivity contribution in [2.75, 3.05) is 23.9 Å². The third-order valence-corrected chi connectivity index (χ3v) is 7.23. The van der Waals surface area contributed by atoms with Crippen molar-refractivity contribution in [1.29, 1.82) is 0 Å². The zero-order chi connectivity index (χ0) is 23.4. The van der Waals surface area contributed by atoms with Gasteiger partial charge in [-0.3, -0.25) is 0 Å². The average molecular weight is 491 g/mol. The van der Waals surface area contributed by atoms with E-state index >= 15 is 0 Å². The molecule has 7 nitrogen and oxygen atoms in total. The van der Waals surface area contributed by atoms with Crippen LogP contribution >= 0.6 is 11.8 Å². The van der Waals surface area contributed by atoms with Gasteiger partial charge in [-0.15, -0.1) is 10.2 Å². The van der Waals surface area contributed by atoms with E-state index in [0.717, 1.165) is 60.6 Å². The van der Waals surface area contributed by atoms with Gasteiger partial charge in [0.15, 0.2) is 11.0 Å². The maximum Gasteiger partial charge on any atom is 0.306 e. The minimum absolute atomic E-state index is 0.289. The molecule has 1 aliphatic heterocycles. The van der Waals surface area contributed by atoms with Crippen LogP contribution in [0.2, 0.25) is 0 Å². The molecule has 4 rings (SSSR count). The highest BCUT2D eigenvalue weighted by atomic mass is 32.2. The molecule has 0 fully saturated rings. The van der Waals surface area contributed by atoms with Crippen molar-refractivity contribution in [3.05, 3.63) is 53.8 Å². The Morgan fingerprint density at radius 3 is 2.88 bits per heavy atom. The summed E-state index contributed by atoms with van der Waals surface area (Å²) in [4.78, 5) is 0. The van der Waals surface area contributed by atoms with E-state index in [1.807, 2.05) is 29.8 Å². The molecule has 1 aromatic heterocycles. The van der Waals surface area contributed by atoms with Crippen LogP contribution < -0.4 is 9.50 Å². The molecule has 10 heteroatoms. The van der Waals surface area contributed by atoms with Crippen LogP contribution in [0.4, 0.5) is 10.1 Å². The Hall–Kier alpha value is -2.59. The Morgan fingerprint density at radius 1 is 1.24 bits per heavy atom.